The minimum absolute atomic E-state index is 0.0869. The summed E-state index contributed by atoms with van der Waals surface area (Å²) in [6.45, 7) is 2.63. The molecule has 0 aromatic heterocycles. The second-order valence-electron chi connectivity index (χ2n) is 9.68. The van der Waals surface area contributed by atoms with Crippen LogP contribution in [0.1, 0.15) is 56.6 Å². The predicted molar refractivity (Wildman–Crippen MR) is 135 cm³/mol. The third-order valence-electron chi connectivity index (χ3n) is 7.01. The van der Waals surface area contributed by atoms with Gasteiger partial charge in [0, 0.05) is 31.6 Å². The summed E-state index contributed by atoms with van der Waals surface area (Å²) in [6.07, 6.45) is 4.95. The molecule has 188 valence electrons. The fraction of sp³-hybridized carbons (Fsp3) is 0.500. The lowest BCUT2D eigenvalue weighted by Gasteiger charge is -2.34. The van der Waals surface area contributed by atoms with Gasteiger partial charge in [-0.3, -0.25) is 4.79 Å². The molecule has 0 spiro atoms. The molecule has 0 unspecified atom stereocenters. The van der Waals surface area contributed by atoms with Gasteiger partial charge in [-0.2, -0.15) is 0 Å². The van der Waals surface area contributed by atoms with Gasteiger partial charge in [-0.25, -0.2) is 4.99 Å². The number of aliphatic hydroxyl groups is 2. The third-order valence-corrected chi connectivity index (χ3v) is 7.01. The van der Waals surface area contributed by atoms with Gasteiger partial charge in [0.05, 0.1) is 12.2 Å². The summed E-state index contributed by atoms with van der Waals surface area (Å²) in [6, 6.07) is 17.2. The van der Waals surface area contributed by atoms with Gasteiger partial charge in [0.1, 0.15) is 11.9 Å². The molecule has 2 aliphatic rings. The van der Waals surface area contributed by atoms with Gasteiger partial charge in [-0.1, -0.05) is 49.6 Å². The van der Waals surface area contributed by atoms with E-state index in [2.05, 4.69) is 5.32 Å². The molecule has 0 bridgehead atoms. The fourth-order valence-electron chi connectivity index (χ4n) is 4.83. The lowest BCUT2D eigenvalue weighted by Crippen LogP contribution is -2.55. The first-order chi connectivity index (χ1) is 16.9. The van der Waals surface area contributed by atoms with Crippen molar-refractivity contribution in [1.29, 1.82) is 0 Å². The summed E-state index contributed by atoms with van der Waals surface area (Å²) in [4.78, 5) is 18.6. The molecule has 0 saturated heterocycles. The van der Waals surface area contributed by atoms with Crippen LogP contribution in [0.5, 0.6) is 5.75 Å². The molecule has 3 N–H and O–H groups in total. The Hall–Kier alpha value is -2.90. The van der Waals surface area contributed by atoms with Crippen LogP contribution in [0.3, 0.4) is 0 Å². The zero-order chi connectivity index (χ0) is 24.7. The van der Waals surface area contributed by atoms with Crippen molar-refractivity contribution in [2.75, 3.05) is 19.8 Å². The Balaban J connectivity index is 1.56. The van der Waals surface area contributed by atoms with Crippen LogP contribution in [0.2, 0.25) is 0 Å². The number of hydrogen-bond acceptors (Lipinski definition) is 6. The first-order valence-corrected chi connectivity index (χ1v) is 12.6. The standard InChI is InChI=1S/C28H36N2O5/c1-21-28(19-22-9-4-2-5-10-22,26(32)29-20-27(33)15-6-3-7-16-27)30-25(35-21)23-11-13-24(14-12-23)34-18-8-17-31/h2,4-5,9-14,21,31,33H,3,6-8,15-20H2,1H3,(H,29,32)/t21-,28-/m1/s1. The Morgan fingerprint density at radius 1 is 1.11 bits per heavy atom. The van der Waals surface area contributed by atoms with Crippen molar-refractivity contribution >= 4 is 11.8 Å². The van der Waals surface area contributed by atoms with Gasteiger partial charge in [0.2, 0.25) is 5.90 Å². The van der Waals surface area contributed by atoms with E-state index in [0.29, 0.717) is 43.9 Å². The Morgan fingerprint density at radius 3 is 2.51 bits per heavy atom. The highest BCUT2D eigenvalue weighted by molar-refractivity contribution is 6.00. The number of hydrogen-bond donors (Lipinski definition) is 3. The Morgan fingerprint density at radius 2 is 1.83 bits per heavy atom. The van der Waals surface area contributed by atoms with Gasteiger partial charge < -0.3 is 25.0 Å². The molecule has 1 heterocycles. The van der Waals surface area contributed by atoms with E-state index < -0.39 is 17.2 Å². The highest BCUT2D eigenvalue weighted by atomic mass is 16.5. The summed E-state index contributed by atoms with van der Waals surface area (Å²) in [5.74, 6) is 0.886. The number of rotatable bonds is 10. The minimum atomic E-state index is -1.14. The number of carbonyl (C=O) groups is 1. The number of nitrogens with zero attached hydrogens (tertiary/aromatic N) is 1. The third kappa shape index (κ3) is 6.03. The molecule has 7 heteroatoms. The molecule has 7 nitrogen and oxygen atoms in total. The van der Waals surface area contributed by atoms with E-state index in [9.17, 15) is 9.90 Å². The summed E-state index contributed by atoms with van der Waals surface area (Å²) < 4.78 is 11.8. The van der Waals surface area contributed by atoms with Gasteiger partial charge in [0.25, 0.3) is 5.91 Å². The number of amides is 1. The average Bonchev–Trinajstić information content (AvgIpc) is 3.21. The van der Waals surface area contributed by atoms with E-state index in [1.165, 1.54) is 0 Å². The highest BCUT2D eigenvalue weighted by Gasteiger charge is 2.50. The molecule has 1 aliphatic carbocycles. The van der Waals surface area contributed by atoms with E-state index in [4.69, 9.17) is 19.6 Å². The zero-order valence-corrected chi connectivity index (χ0v) is 20.4. The molecule has 1 aliphatic heterocycles. The van der Waals surface area contributed by atoms with E-state index >= 15 is 0 Å². The number of carbonyl (C=O) groups excluding carboxylic acids is 1. The van der Waals surface area contributed by atoms with Gasteiger partial charge in [-0.15, -0.1) is 0 Å². The van der Waals surface area contributed by atoms with Crippen LogP contribution in [-0.2, 0) is 16.0 Å². The molecule has 4 rings (SSSR count). The van der Waals surface area contributed by atoms with Gasteiger partial charge in [-0.05, 0) is 49.6 Å². The maximum atomic E-state index is 13.7. The SMILES string of the molecule is C[C@H]1OC(c2ccc(OCCCO)cc2)=N[C@@]1(Cc1ccccc1)C(=O)NCC1(O)CCCCC1. The summed E-state index contributed by atoms with van der Waals surface area (Å²) in [5.41, 5.74) is -0.242. The maximum Gasteiger partial charge on any atom is 0.252 e. The molecule has 0 radical (unpaired) electrons. The summed E-state index contributed by atoms with van der Waals surface area (Å²) >= 11 is 0. The molecule has 2 aromatic carbocycles. The molecular formula is C28H36N2O5. The largest absolute Gasteiger partial charge is 0.494 e. The molecule has 1 fully saturated rings. The number of benzene rings is 2. The van der Waals surface area contributed by atoms with Crippen LogP contribution in [0, 0.1) is 0 Å². The monoisotopic (exact) mass is 480 g/mol. The Bertz CT molecular complexity index is 1000. The number of ether oxygens (including phenoxy) is 2. The molecular weight excluding hydrogens is 444 g/mol. The van der Waals surface area contributed by atoms with Gasteiger partial charge >= 0.3 is 0 Å². The van der Waals surface area contributed by atoms with E-state index in [-0.39, 0.29) is 19.1 Å². The highest BCUT2D eigenvalue weighted by Crippen LogP contribution is 2.34. The smallest absolute Gasteiger partial charge is 0.252 e. The lowest BCUT2D eigenvalue weighted by atomic mass is 9.83. The van der Waals surface area contributed by atoms with Crippen LogP contribution in [0.15, 0.2) is 59.6 Å². The normalized spacial score (nSPS) is 23.3. The molecule has 2 aromatic rings. The van der Waals surface area contributed by atoms with Crippen molar-refractivity contribution in [3.05, 3.63) is 65.7 Å². The van der Waals surface area contributed by atoms with E-state index in [1.807, 2.05) is 61.5 Å². The molecule has 2 atom stereocenters. The second kappa shape index (κ2) is 11.2. The average molecular weight is 481 g/mol. The first kappa shape index (κ1) is 25.2. The van der Waals surface area contributed by atoms with E-state index in [0.717, 1.165) is 30.4 Å². The summed E-state index contributed by atoms with van der Waals surface area (Å²) in [7, 11) is 0. The van der Waals surface area contributed by atoms with Crippen molar-refractivity contribution in [1.82, 2.24) is 5.32 Å². The maximum absolute atomic E-state index is 13.7. The van der Waals surface area contributed by atoms with Crippen LogP contribution < -0.4 is 10.1 Å². The Labute approximate surface area is 207 Å². The van der Waals surface area contributed by atoms with Crippen molar-refractivity contribution in [3.63, 3.8) is 0 Å². The molecule has 1 amide bonds. The number of nitrogens with one attached hydrogen (secondary N) is 1. The minimum Gasteiger partial charge on any atom is -0.494 e. The van der Waals surface area contributed by atoms with E-state index in [1.54, 1.807) is 0 Å². The van der Waals surface area contributed by atoms with Crippen LogP contribution in [0.25, 0.3) is 0 Å². The van der Waals surface area contributed by atoms with Crippen molar-refractivity contribution in [3.8, 4) is 5.75 Å². The first-order valence-electron chi connectivity index (χ1n) is 12.6. The van der Waals surface area contributed by atoms with Crippen molar-refractivity contribution in [2.24, 2.45) is 4.99 Å². The second-order valence-corrected chi connectivity index (χ2v) is 9.68. The number of aliphatic imine (C=N–C) groups is 1. The quantitative estimate of drug-likeness (QED) is 0.453. The van der Waals surface area contributed by atoms with Crippen molar-refractivity contribution < 1.29 is 24.5 Å². The van der Waals surface area contributed by atoms with Crippen LogP contribution in [0.4, 0.5) is 0 Å². The van der Waals surface area contributed by atoms with Crippen molar-refractivity contribution in [2.45, 2.75) is 69.1 Å². The topological polar surface area (TPSA) is 100 Å². The summed E-state index contributed by atoms with van der Waals surface area (Å²) in [5, 5.41) is 22.9. The lowest BCUT2D eigenvalue weighted by molar-refractivity contribution is -0.130. The Kier molecular flexibility index (Phi) is 8.08. The molecule has 1 saturated carbocycles. The molecule has 35 heavy (non-hydrogen) atoms. The van der Waals surface area contributed by atoms with Crippen LogP contribution >= 0.6 is 0 Å². The fourth-order valence-corrected chi connectivity index (χ4v) is 4.83. The zero-order valence-electron chi connectivity index (χ0n) is 20.4. The van der Waals surface area contributed by atoms with Gasteiger partial charge in [0.15, 0.2) is 5.54 Å². The predicted octanol–water partition coefficient (Wildman–Crippen LogP) is 3.41. The number of aliphatic hydroxyl groups excluding tert-OH is 1. The van der Waals surface area contributed by atoms with Crippen LogP contribution in [-0.4, -0.2) is 59.0 Å².